The monoisotopic (exact) mass is 572 g/mol. The largest absolute Gasteiger partial charge is 0.478 e. The molecule has 2 aliphatic rings. The normalized spacial score (nSPS) is 16.4. The van der Waals surface area contributed by atoms with Gasteiger partial charge in [-0.3, -0.25) is 9.37 Å². The van der Waals surface area contributed by atoms with Crippen molar-refractivity contribution >= 4 is 28.7 Å². The van der Waals surface area contributed by atoms with Crippen LogP contribution < -0.4 is 0 Å². The van der Waals surface area contributed by atoms with Crippen LogP contribution in [0.4, 0.5) is 17.6 Å². The van der Waals surface area contributed by atoms with Gasteiger partial charge in [0.1, 0.15) is 0 Å². The Bertz CT molecular complexity index is 1430. The molecule has 1 aromatic heterocycles. The summed E-state index contributed by atoms with van der Waals surface area (Å²) >= 11 is 6.06. The number of aromatic carboxylic acids is 1. The van der Waals surface area contributed by atoms with Crippen molar-refractivity contribution in [1.29, 1.82) is 0 Å². The van der Waals surface area contributed by atoms with Crippen LogP contribution in [-0.4, -0.2) is 47.3 Å². The maximum atomic E-state index is 14.2. The third-order valence-corrected chi connectivity index (χ3v) is 8.00. The van der Waals surface area contributed by atoms with Gasteiger partial charge >= 0.3 is 12.1 Å². The average Bonchev–Trinajstić information content (AvgIpc) is 3.08. The number of aromatic nitrogens is 1. The van der Waals surface area contributed by atoms with Crippen LogP contribution in [0, 0.1) is 5.92 Å². The highest BCUT2D eigenvalue weighted by Gasteiger charge is 2.38. The summed E-state index contributed by atoms with van der Waals surface area (Å²) in [6, 6.07) is 12.7. The molecule has 1 aliphatic heterocycles. The van der Waals surface area contributed by atoms with Gasteiger partial charge in [0.2, 0.25) is 0 Å². The molecule has 0 radical (unpaired) electrons. The molecule has 1 N–H and O–H groups in total. The fourth-order valence-electron chi connectivity index (χ4n) is 5.88. The molecular weight excluding hydrogens is 544 g/mol. The summed E-state index contributed by atoms with van der Waals surface area (Å²) in [7, 11) is 0. The minimum absolute atomic E-state index is 0.0583. The predicted octanol–water partition coefficient (Wildman–Crippen LogP) is 7.58. The van der Waals surface area contributed by atoms with Crippen LogP contribution in [0.2, 0.25) is 5.02 Å². The molecule has 0 unspecified atom stereocenters. The van der Waals surface area contributed by atoms with E-state index in [1.54, 1.807) is 12.1 Å². The minimum Gasteiger partial charge on any atom is -0.478 e. The number of halogens is 5. The van der Waals surface area contributed by atoms with E-state index in [1.807, 2.05) is 24.3 Å². The van der Waals surface area contributed by atoms with Crippen molar-refractivity contribution in [1.82, 2.24) is 9.88 Å². The van der Waals surface area contributed by atoms with Crippen molar-refractivity contribution in [2.24, 2.45) is 5.92 Å². The highest BCUT2D eigenvalue weighted by molar-refractivity contribution is 6.31. The van der Waals surface area contributed by atoms with Crippen LogP contribution in [0.25, 0.3) is 11.1 Å². The predicted molar refractivity (Wildman–Crippen MR) is 147 cm³/mol. The lowest BCUT2D eigenvalue weighted by atomic mass is 9.85. The number of allylic oxidation sites excluding steroid dienone is 1. The topological polar surface area (TPSA) is 53.4 Å². The van der Waals surface area contributed by atoms with Gasteiger partial charge in [-0.05, 0) is 83.6 Å². The molecule has 1 saturated heterocycles. The van der Waals surface area contributed by atoms with Gasteiger partial charge in [-0.15, -0.1) is 0 Å². The number of carbonyl (C=O) groups is 1. The highest BCUT2D eigenvalue weighted by Crippen LogP contribution is 2.45. The first kappa shape index (κ1) is 28.3. The number of carboxylic acid groups (broad SMARTS) is 1. The van der Waals surface area contributed by atoms with Crippen molar-refractivity contribution in [3.8, 4) is 0 Å². The lowest BCUT2D eigenvalue weighted by Gasteiger charge is -2.39. The molecule has 2 heterocycles. The Morgan fingerprint density at radius 2 is 1.80 bits per heavy atom. The number of carboxylic acids is 1. The van der Waals surface area contributed by atoms with Gasteiger partial charge < -0.3 is 10.0 Å². The smallest absolute Gasteiger partial charge is 0.418 e. The third kappa shape index (κ3) is 5.93. The Balaban J connectivity index is 1.57. The molecular formula is C31H29ClF4N2O2. The van der Waals surface area contributed by atoms with Crippen molar-refractivity contribution in [2.75, 3.05) is 26.3 Å². The molecule has 4 nitrogen and oxygen atoms in total. The van der Waals surface area contributed by atoms with Gasteiger partial charge in [-0.2, -0.15) is 13.2 Å². The van der Waals surface area contributed by atoms with Crippen molar-refractivity contribution in [3.63, 3.8) is 0 Å². The number of fused-ring (bicyclic) bond motifs is 1. The lowest BCUT2D eigenvalue weighted by molar-refractivity contribution is -0.137. The van der Waals surface area contributed by atoms with Crippen LogP contribution >= 0.6 is 11.6 Å². The Morgan fingerprint density at radius 3 is 2.48 bits per heavy atom. The van der Waals surface area contributed by atoms with E-state index < -0.39 is 22.7 Å². The number of hydrogen-bond donors (Lipinski definition) is 1. The van der Waals surface area contributed by atoms with E-state index in [2.05, 4.69) is 9.88 Å². The number of hydrogen-bond acceptors (Lipinski definition) is 3. The van der Waals surface area contributed by atoms with Crippen molar-refractivity contribution < 1.29 is 27.5 Å². The molecule has 0 saturated carbocycles. The van der Waals surface area contributed by atoms with Crippen molar-refractivity contribution in [2.45, 2.75) is 38.3 Å². The zero-order valence-electron chi connectivity index (χ0n) is 21.8. The van der Waals surface area contributed by atoms with Gasteiger partial charge in [0.05, 0.1) is 22.8 Å². The first-order valence-corrected chi connectivity index (χ1v) is 13.7. The van der Waals surface area contributed by atoms with Gasteiger partial charge in [0.15, 0.2) is 0 Å². The molecule has 0 atom stereocenters. The van der Waals surface area contributed by atoms with E-state index in [1.165, 1.54) is 12.3 Å². The molecule has 0 amide bonds. The Hall–Kier alpha value is -3.23. The summed E-state index contributed by atoms with van der Waals surface area (Å²) in [5, 5.41) is 9.07. The average molecular weight is 573 g/mol. The van der Waals surface area contributed by atoms with Gasteiger partial charge in [0, 0.05) is 37.6 Å². The van der Waals surface area contributed by atoms with E-state index in [-0.39, 0.29) is 17.8 Å². The second-order valence-corrected chi connectivity index (χ2v) is 10.9. The SMILES string of the molecule is O=C(O)c1ccc2c(c1)CCCC(c1cncc(Cl)c1C(F)(F)F)=C2c1ccc(CC2CN(CCCF)C2)cc1. The molecule has 1 aliphatic carbocycles. The van der Waals surface area contributed by atoms with Crippen LogP contribution in [0.3, 0.4) is 0 Å². The first-order chi connectivity index (χ1) is 19.2. The Labute approximate surface area is 235 Å². The number of pyridine rings is 1. The molecule has 5 rings (SSSR count). The van der Waals surface area contributed by atoms with Gasteiger partial charge in [-0.25, -0.2) is 4.79 Å². The summed E-state index contributed by atoms with van der Waals surface area (Å²) in [5.74, 6) is -0.569. The van der Waals surface area contributed by atoms with E-state index >= 15 is 0 Å². The fourth-order valence-corrected chi connectivity index (χ4v) is 6.15. The maximum absolute atomic E-state index is 14.2. The number of nitrogens with zero attached hydrogens (tertiary/aromatic N) is 2. The zero-order chi connectivity index (χ0) is 28.4. The van der Waals surface area contributed by atoms with E-state index in [9.17, 15) is 27.5 Å². The van der Waals surface area contributed by atoms with E-state index in [0.29, 0.717) is 48.3 Å². The maximum Gasteiger partial charge on any atom is 0.418 e. The van der Waals surface area contributed by atoms with Crippen LogP contribution in [-0.2, 0) is 19.0 Å². The lowest BCUT2D eigenvalue weighted by Crippen LogP contribution is -2.47. The standard InChI is InChI=1S/C31H29ClF4N2O2/c32-27-16-37-15-26(29(27)31(34,35)36)25-4-1-3-22-14-23(30(39)40)9-10-24(22)28(25)21-7-5-19(6-8-21)13-20-17-38(18-20)12-2-11-33/h5-10,14-16,20H,1-4,11-13,17-18H2,(H,39,40). The zero-order valence-corrected chi connectivity index (χ0v) is 22.5. The Kier molecular flexibility index (Phi) is 8.29. The first-order valence-electron chi connectivity index (χ1n) is 13.3. The number of rotatable bonds is 8. The van der Waals surface area contributed by atoms with Gasteiger partial charge in [-0.1, -0.05) is 41.9 Å². The van der Waals surface area contributed by atoms with Crippen LogP contribution in [0.5, 0.6) is 0 Å². The molecule has 0 bridgehead atoms. The minimum atomic E-state index is -4.68. The van der Waals surface area contributed by atoms with E-state index in [4.69, 9.17) is 11.6 Å². The highest BCUT2D eigenvalue weighted by atomic mass is 35.5. The molecule has 2 aromatic carbocycles. The molecule has 0 spiro atoms. The summed E-state index contributed by atoms with van der Waals surface area (Å²) in [6.07, 6.45) is 0.372. The summed E-state index contributed by atoms with van der Waals surface area (Å²) < 4.78 is 55.1. The number of likely N-dealkylation sites (tertiary alicyclic amines) is 1. The quantitative estimate of drug-likeness (QED) is 0.283. The molecule has 40 heavy (non-hydrogen) atoms. The second kappa shape index (κ2) is 11.7. The molecule has 210 valence electrons. The molecule has 3 aromatic rings. The number of aryl methyl sites for hydroxylation is 1. The Morgan fingerprint density at radius 1 is 1.05 bits per heavy atom. The third-order valence-electron chi connectivity index (χ3n) is 7.71. The summed E-state index contributed by atoms with van der Waals surface area (Å²) in [6.45, 7) is 2.32. The van der Waals surface area contributed by atoms with Crippen LogP contribution in [0.1, 0.15) is 63.0 Å². The van der Waals surface area contributed by atoms with E-state index in [0.717, 1.165) is 48.9 Å². The van der Waals surface area contributed by atoms with Gasteiger partial charge in [0.25, 0.3) is 0 Å². The summed E-state index contributed by atoms with van der Waals surface area (Å²) in [4.78, 5) is 17.9. The second-order valence-electron chi connectivity index (χ2n) is 10.5. The molecule has 1 fully saturated rings. The number of benzene rings is 2. The summed E-state index contributed by atoms with van der Waals surface area (Å²) in [5.41, 5.74) is 3.64. The fraction of sp³-hybridized carbons (Fsp3) is 0.355. The van der Waals surface area contributed by atoms with Crippen molar-refractivity contribution in [3.05, 3.63) is 98.8 Å². The van der Waals surface area contributed by atoms with Crippen LogP contribution in [0.15, 0.2) is 54.9 Å². The number of alkyl halides is 4. The molecule has 9 heteroatoms.